The zero-order valence-corrected chi connectivity index (χ0v) is 11.9. The standard InChI is InChI=1S/C16H16O5/c1-11(2)10-20-15(17)12-5-7-13(8-6-12)21-16(18)14-4-3-9-19-14/h3-9,11H,10H2,1-2H3. The van der Waals surface area contributed by atoms with E-state index in [0.717, 1.165) is 0 Å². The molecule has 0 aliphatic carbocycles. The molecule has 0 radical (unpaired) electrons. The molecular formula is C16H16O5. The fourth-order valence-electron chi connectivity index (χ4n) is 1.54. The average molecular weight is 288 g/mol. The number of ether oxygens (including phenoxy) is 2. The fourth-order valence-corrected chi connectivity index (χ4v) is 1.54. The number of benzene rings is 1. The number of carbonyl (C=O) groups is 2. The van der Waals surface area contributed by atoms with E-state index >= 15 is 0 Å². The maximum Gasteiger partial charge on any atom is 0.379 e. The lowest BCUT2D eigenvalue weighted by Crippen LogP contribution is -2.10. The van der Waals surface area contributed by atoms with E-state index in [1.165, 1.54) is 24.5 Å². The first kappa shape index (κ1) is 14.8. The van der Waals surface area contributed by atoms with Gasteiger partial charge in [-0.25, -0.2) is 9.59 Å². The Balaban J connectivity index is 1.96. The molecule has 1 aromatic carbocycles. The van der Waals surface area contributed by atoms with Gasteiger partial charge in [-0.2, -0.15) is 0 Å². The Labute approximate surface area is 122 Å². The summed E-state index contributed by atoms with van der Waals surface area (Å²) in [7, 11) is 0. The van der Waals surface area contributed by atoms with Gasteiger partial charge >= 0.3 is 11.9 Å². The van der Waals surface area contributed by atoms with Gasteiger partial charge < -0.3 is 13.9 Å². The highest BCUT2D eigenvalue weighted by atomic mass is 16.5. The predicted octanol–water partition coefficient (Wildman–Crippen LogP) is 3.31. The molecule has 0 fully saturated rings. The molecule has 0 saturated heterocycles. The molecule has 0 aliphatic rings. The number of esters is 2. The van der Waals surface area contributed by atoms with Gasteiger partial charge in [0.25, 0.3) is 0 Å². The predicted molar refractivity (Wildman–Crippen MR) is 75.2 cm³/mol. The van der Waals surface area contributed by atoms with E-state index in [-0.39, 0.29) is 11.7 Å². The highest BCUT2D eigenvalue weighted by Crippen LogP contribution is 2.15. The lowest BCUT2D eigenvalue weighted by molar-refractivity contribution is 0.0459. The van der Waals surface area contributed by atoms with Crippen LogP contribution in [0.3, 0.4) is 0 Å². The average Bonchev–Trinajstić information content (AvgIpc) is 3.00. The van der Waals surface area contributed by atoms with Gasteiger partial charge in [0.2, 0.25) is 5.76 Å². The molecule has 0 spiro atoms. The molecule has 2 rings (SSSR count). The van der Waals surface area contributed by atoms with Crippen LogP contribution in [0.15, 0.2) is 47.1 Å². The quantitative estimate of drug-likeness (QED) is 0.623. The molecule has 0 atom stereocenters. The number of furan rings is 1. The smallest absolute Gasteiger partial charge is 0.379 e. The van der Waals surface area contributed by atoms with Gasteiger partial charge in [0.1, 0.15) is 5.75 Å². The molecule has 0 N–H and O–H groups in total. The Kier molecular flexibility index (Phi) is 4.77. The number of hydrogen-bond donors (Lipinski definition) is 0. The van der Waals surface area contributed by atoms with E-state index in [4.69, 9.17) is 13.9 Å². The van der Waals surface area contributed by atoms with Gasteiger partial charge in [-0.15, -0.1) is 0 Å². The van der Waals surface area contributed by atoms with Crippen LogP contribution in [0.1, 0.15) is 34.8 Å². The van der Waals surface area contributed by atoms with E-state index in [2.05, 4.69) is 0 Å². The third-order valence-electron chi connectivity index (χ3n) is 2.57. The van der Waals surface area contributed by atoms with Crippen molar-refractivity contribution in [1.29, 1.82) is 0 Å². The van der Waals surface area contributed by atoms with Crippen LogP contribution in [0.25, 0.3) is 0 Å². The van der Waals surface area contributed by atoms with Gasteiger partial charge in [0.15, 0.2) is 0 Å². The topological polar surface area (TPSA) is 65.7 Å². The summed E-state index contributed by atoms with van der Waals surface area (Å²) in [6.45, 7) is 4.29. The molecule has 0 aliphatic heterocycles. The second-order valence-corrected chi connectivity index (χ2v) is 4.88. The van der Waals surface area contributed by atoms with Gasteiger partial charge in [-0.05, 0) is 42.3 Å². The molecule has 2 aromatic rings. The summed E-state index contributed by atoms with van der Waals surface area (Å²) in [5.74, 6) is -0.252. The summed E-state index contributed by atoms with van der Waals surface area (Å²) in [4.78, 5) is 23.4. The zero-order valence-electron chi connectivity index (χ0n) is 11.9. The van der Waals surface area contributed by atoms with Gasteiger partial charge in [-0.3, -0.25) is 0 Å². The first-order valence-corrected chi connectivity index (χ1v) is 6.59. The molecule has 5 heteroatoms. The summed E-state index contributed by atoms with van der Waals surface area (Å²) in [5, 5.41) is 0. The van der Waals surface area contributed by atoms with Crippen molar-refractivity contribution in [3.63, 3.8) is 0 Å². The van der Waals surface area contributed by atoms with Crippen LogP contribution in [-0.2, 0) is 4.74 Å². The van der Waals surface area contributed by atoms with E-state index in [1.54, 1.807) is 18.2 Å². The van der Waals surface area contributed by atoms with Gasteiger partial charge in [-0.1, -0.05) is 13.8 Å². The third-order valence-corrected chi connectivity index (χ3v) is 2.57. The molecular weight excluding hydrogens is 272 g/mol. The van der Waals surface area contributed by atoms with Crippen LogP contribution in [0.5, 0.6) is 5.75 Å². The second kappa shape index (κ2) is 6.74. The normalized spacial score (nSPS) is 10.4. The zero-order chi connectivity index (χ0) is 15.2. The highest BCUT2D eigenvalue weighted by molar-refractivity contribution is 5.90. The minimum atomic E-state index is -0.588. The summed E-state index contributed by atoms with van der Waals surface area (Å²) in [5.41, 5.74) is 0.411. The first-order chi connectivity index (χ1) is 10.1. The summed E-state index contributed by atoms with van der Waals surface area (Å²) in [6, 6.07) is 9.28. The molecule has 110 valence electrons. The Bertz CT molecular complexity index is 596. The SMILES string of the molecule is CC(C)COC(=O)c1ccc(OC(=O)c2ccco2)cc1. The van der Waals surface area contributed by atoms with E-state index < -0.39 is 11.9 Å². The third kappa shape index (κ3) is 4.21. The molecule has 1 heterocycles. The summed E-state index contributed by atoms with van der Waals surface area (Å²) < 4.78 is 15.1. The maximum absolute atomic E-state index is 11.7. The monoisotopic (exact) mass is 288 g/mol. The van der Waals surface area contributed by atoms with E-state index in [9.17, 15) is 9.59 Å². The highest BCUT2D eigenvalue weighted by Gasteiger charge is 2.12. The van der Waals surface area contributed by atoms with Crippen molar-refractivity contribution in [2.75, 3.05) is 6.61 Å². The molecule has 0 bridgehead atoms. The number of rotatable bonds is 5. The molecule has 21 heavy (non-hydrogen) atoms. The first-order valence-electron chi connectivity index (χ1n) is 6.59. The van der Waals surface area contributed by atoms with Crippen molar-refractivity contribution in [3.05, 3.63) is 54.0 Å². The van der Waals surface area contributed by atoms with Crippen molar-refractivity contribution < 1.29 is 23.5 Å². The fraction of sp³-hybridized carbons (Fsp3) is 0.250. The van der Waals surface area contributed by atoms with Crippen LogP contribution in [0.2, 0.25) is 0 Å². The summed E-state index contributed by atoms with van der Waals surface area (Å²) in [6.07, 6.45) is 1.39. The lowest BCUT2D eigenvalue weighted by atomic mass is 10.2. The van der Waals surface area contributed by atoms with E-state index in [0.29, 0.717) is 17.9 Å². The van der Waals surface area contributed by atoms with Crippen LogP contribution < -0.4 is 4.74 Å². The Morgan fingerprint density at radius 1 is 1.10 bits per heavy atom. The van der Waals surface area contributed by atoms with Crippen molar-refractivity contribution in [2.45, 2.75) is 13.8 Å². The minimum Gasteiger partial charge on any atom is -0.462 e. The number of hydrogen-bond acceptors (Lipinski definition) is 5. The number of carbonyl (C=O) groups excluding carboxylic acids is 2. The Hall–Kier alpha value is -2.56. The van der Waals surface area contributed by atoms with Crippen LogP contribution in [-0.4, -0.2) is 18.5 Å². The largest absolute Gasteiger partial charge is 0.462 e. The van der Waals surface area contributed by atoms with Crippen molar-refractivity contribution in [1.82, 2.24) is 0 Å². The van der Waals surface area contributed by atoms with Gasteiger partial charge in [0.05, 0.1) is 18.4 Å². The molecule has 1 aromatic heterocycles. The Morgan fingerprint density at radius 2 is 1.81 bits per heavy atom. The van der Waals surface area contributed by atoms with Gasteiger partial charge in [0, 0.05) is 0 Å². The van der Waals surface area contributed by atoms with Crippen molar-refractivity contribution in [2.24, 2.45) is 5.92 Å². The van der Waals surface area contributed by atoms with Crippen LogP contribution in [0.4, 0.5) is 0 Å². The second-order valence-electron chi connectivity index (χ2n) is 4.88. The lowest BCUT2D eigenvalue weighted by Gasteiger charge is -2.07. The van der Waals surface area contributed by atoms with Crippen LogP contribution in [0, 0.1) is 5.92 Å². The van der Waals surface area contributed by atoms with Crippen molar-refractivity contribution in [3.8, 4) is 5.75 Å². The molecule has 0 unspecified atom stereocenters. The van der Waals surface area contributed by atoms with E-state index in [1.807, 2.05) is 13.8 Å². The van der Waals surface area contributed by atoms with Crippen molar-refractivity contribution >= 4 is 11.9 Å². The molecule has 0 amide bonds. The minimum absolute atomic E-state index is 0.121. The maximum atomic E-state index is 11.7. The summed E-state index contributed by atoms with van der Waals surface area (Å²) >= 11 is 0. The Morgan fingerprint density at radius 3 is 2.38 bits per heavy atom. The molecule has 5 nitrogen and oxygen atoms in total. The van der Waals surface area contributed by atoms with Crippen LogP contribution >= 0.6 is 0 Å². The molecule has 0 saturated carbocycles.